The number of rotatable bonds is 5. The van der Waals surface area contributed by atoms with E-state index in [0.29, 0.717) is 5.89 Å². The van der Waals surface area contributed by atoms with Gasteiger partial charge in [-0.3, -0.25) is 4.79 Å². The first kappa shape index (κ1) is 15.4. The second-order valence-corrected chi connectivity index (χ2v) is 5.94. The van der Waals surface area contributed by atoms with Gasteiger partial charge in [0.2, 0.25) is 11.8 Å². The maximum absolute atomic E-state index is 12.9. The number of thiophene rings is 1. The van der Waals surface area contributed by atoms with Crippen molar-refractivity contribution in [3.63, 3.8) is 0 Å². The number of halogens is 1. The molecule has 0 bridgehead atoms. The lowest BCUT2D eigenvalue weighted by Crippen LogP contribution is -2.28. The molecule has 7 heteroatoms. The molecule has 3 aromatic rings. The summed E-state index contributed by atoms with van der Waals surface area (Å²) in [4.78, 5) is 12.9. The van der Waals surface area contributed by atoms with E-state index in [0.717, 1.165) is 10.4 Å². The topological polar surface area (TPSA) is 68.0 Å². The van der Waals surface area contributed by atoms with Gasteiger partial charge in [0.25, 0.3) is 5.89 Å². The molecule has 0 fully saturated rings. The number of hydrogen-bond donors (Lipinski definition) is 1. The van der Waals surface area contributed by atoms with Crippen LogP contribution in [0.15, 0.2) is 46.2 Å². The van der Waals surface area contributed by atoms with Crippen molar-refractivity contribution in [2.24, 2.45) is 0 Å². The molecular formula is C16H14FN3O2S. The van der Waals surface area contributed by atoms with Gasteiger partial charge in [0.15, 0.2) is 0 Å². The fourth-order valence-electron chi connectivity index (χ4n) is 2.09. The van der Waals surface area contributed by atoms with Crippen molar-refractivity contribution in [2.75, 3.05) is 0 Å². The van der Waals surface area contributed by atoms with Crippen LogP contribution in [0.5, 0.6) is 0 Å². The number of benzene rings is 1. The Balaban J connectivity index is 1.60. The van der Waals surface area contributed by atoms with E-state index in [1.807, 2.05) is 24.4 Å². The molecule has 5 nitrogen and oxygen atoms in total. The molecule has 0 aliphatic rings. The molecule has 0 aliphatic heterocycles. The van der Waals surface area contributed by atoms with Crippen LogP contribution < -0.4 is 5.32 Å². The fourth-order valence-corrected chi connectivity index (χ4v) is 2.73. The van der Waals surface area contributed by atoms with E-state index in [2.05, 4.69) is 15.5 Å². The van der Waals surface area contributed by atoms with Crippen molar-refractivity contribution in [3.8, 4) is 10.8 Å². The number of nitrogens with zero attached hydrogens (tertiary/aromatic N) is 2. The van der Waals surface area contributed by atoms with Crippen LogP contribution in [0.2, 0.25) is 0 Å². The van der Waals surface area contributed by atoms with Gasteiger partial charge < -0.3 is 9.73 Å². The van der Waals surface area contributed by atoms with Crippen LogP contribution in [0.3, 0.4) is 0 Å². The van der Waals surface area contributed by atoms with Gasteiger partial charge >= 0.3 is 0 Å². The van der Waals surface area contributed by atoms with Crippen molar-refractivity contribution in [3.05, 3.63) is 59.0 Å². The Bertz CT molecular complexity index is 784. The van der Waals surface area contributed by atoms with Gasteiger partial charge in [0.05, 0.1) is 10.9 Å². The first-order chi connectivity index (χ1) is 11.1. The second kappa shape index (κ2) is 6.70. The second-order valence-electron chi connectivity index (χ2n) is 5.00. The van der Waals surface area contributed by atoms with Crippen molar-refractivity contribution in [1.82, 2.24) is 15.5 Å². The molecule has 0 saturated carbocycles. The molecule has 23 heavy (non-hydrogen) atoms. The largest absolute Gasteiger partial charge is 0.419 e. The highest BCUT2D eigenvalue weighted by Gasteiger charge is 2.15. The molecule has 0 saturated heterocycles. The Hall–Kier alpha value is -2.54. The minimum atomic E-state index is -0.306. The zero-order valence-electron chi connectivity index (χ0n) is 12.3. The predicted octanol–water partition coefficient (Wildman–Crippen LogP) is 3.36. The van der Waals surface area contributed by atoms with Gasteiger partial charge in [-0.15, -0.1) is 21.5 Å². The summed E-state index contributed by atoms with van der Waals surface area (Å²) in [5.41, 5.74) is 0.824. The minimum Gasteiger partial charge on any atom is -0.419 e. The lowest BCUT2D eigenvalue weighted by Gasteiger charge is -2.13. The number of hydrogen-bond acceptors (Lipinski definition) is 5. The normalized spacial score (nSPS) is 12.1. The Morgan fingerprint density at radius 2 is 2.09 bits per heavy atom. The van der Waals surface area contributed by atoms with E-state index < -0.39 is 0 Å². The summed E-state index contributed by atoms with van der Waals surface area (Å²) >= 11 is 1.49. The molecule has 1 atom stereocenters. The van der Waals surface area contributed by atoms with Crippen molar-refractivity contribution in [1.29, 1.82) is 0 Å². The first-order valence-electron chi connectivity index (χ1n) is 7.03. The Labute approximate surface area is 136 Å². The minimum absolute atomic E-state index is 0.00388. The van der Waals surface area contributed by atoms with Gasteiger partial charge in [0.1, 0.15) is 12.2 Å². The lowest BCUT2D eigenvalue weighted by molar-refractivity contribution is -0.121. The van der Waals surface area contributed by atoms with E-state index in [-0.39, 0.29) is 30.1 Å². The summed E-state index contributed by atoms with van der Waals surface area (Å²) in [6.07, 6.45) is 0.00388. The van der Waals surface area contributed by atoms with Gasteiger partial charge in [0, 0.05) is 0 Å². The number of nitrogens with one attached hydrogen (secondary N) is 1. The number of carbonyl (C=O) groups is 1. The summed E-state index contributed by atoms with van der Waals surface area (Å²) in [6.45, 7) is 1.83. The Morgan fingerprint density at radius 1 is 1.30 bits per heavy atom. The maximum Gasteiger partial charge on any atom is 0.257 e. The molecule has 3 rings (SSSR count). The molecule has 1 aromatic carbocycles. The summed E-state index contributed by atoms with van der Waals surface area (Å²) < 4.78 is 18.4. The quantitative estimate of drug-likeness (QED) is 0.778. The monoisotopic (exact) mass is 331 g/mol. The Morgan fingerprint density at radius 3 is 2.78 bits per heavy atom. The van der Waals surface area contributed by atoms with Crippen LogP contribution in [-0.2, 0) is 11.2 Å². The molecule has 1 amide bonds. The number of carbonyl (C=O) groups excluding carboxylic acids is 1. The van der Waals surface area contributed by atoms with E-state index in [4.69, 9.17) is 4.42 Å². The third-order valence-electron chi connectivity index (χ3n) is 3.26. The smallest absolute Gasteiger partial charge is 0.257 e. The first-order valence-corrected chi connectivity index (χ1v) is 7.91. The summed E-state index contributed by atoms with van der Waals surface area (Å²) in [5, 5.41) is 12.5. The molecule has 0 radical (unpaired) electrons. The van der Waals surface area contributed by atoms with Crippen LogP contribution in [0.25, 0.3) is 10.8 Å². The van der Waals surface area contributed by atoms with Crippen LogP contribution >= 0.6 is 11.3 Å². The summed E-state index contributed by atoms with van der Waals surface area (Å²) in [7, 11) is 0. The molecule has 118 valence electrons. The number of aromatic nitrogens is 2. The SMILES string of the molecule is CC(NC(=O)Cc1nnc(-c2cccs2)o1)c1ccc(F)cc1. The van der Waals surface area contributed by atoms with Crippen LogP contribution in [0, 0.1) is 5.82 Å². The van der Waals surface area contributed by atoms with Crippen LogP contribution in [0.4, 0.5) is 4.39 Å². The maximum atomic E-state index is 12.9. The Kier molecular flexibility index (Phi) is 4.47. The number of amides is 1. The molecule has 0 aliphatic carbocycles. The van der Waals surface area contributed by atoms with Crippen LogP contribution in [-0.4, -0.2) is 16.1 Å². The van der Waals surface area contributed by atoms with E-state index in [9.17, 15) is 9.18 Å². The summed E-state index contributed by atoms with van der Waals surface area (Å²) in [6, 6.07) is 9.54. The molecule has 1 unspecified atom stereocenters. The lowest BCUT2D eigenvalue weighted by atomic mass is 10.1. The molecular weight excluding hydrogens is 317 g/mol. The third kappa shape index (κ3) is 3.81. The molecule has 1 N–H and O–H groups in total. The van der Waals surface area contributed by atoms with Crippen molar-refractivity contribution < 1.29 is 13.6 Å². The summed E-state index contributed by atoms with van der Waals surface area (Å²) in [5.74, 6) is 0.133. The van der Waals surface area contributed by atoms with Crippen LogP contribution in [0.1, 0.15) is 24.4 Å². The van der Waals surface area contributed by atoms with E-state index >= 15 is 0 Å². The standard InChI is InChI=1S/C16H14FN3O2S/c1-10(11-4-6-12(17)7-5-11)18-14(21)9-15-19-20-16(22-15)13-3-2-8-23-13/h2-8,10H,9H2,1H3,(H,18,21). The average Bonchev–Trinajstić information content (AvgIpc) is 3.18. The van der Waals surface area contributed by atoms with E-state index in [1.165, 1.54) is 23.5 Å². The van der Waals surface area contributed by atoms with Gasteiger partial charge in [-0.05, 0) is 36.1 Å². The zero-order chi connectivity index (χ0) is 16.2. The third-order valence-corrected chi connectivity index (χ3v) is 4.12. The highest BCUT2D eigenvalue weighted by Crippen LogP contribution is 2.23. The van der Waals surface area contributed by atoms with Crippen molar-refractivity contribution >= 4 is 17.2 Å². The molecule has 2 heterocycles. The highest BCUT2D eigenvalue weighted by molar-refractivity contribution is 7.13. The van der Waals surface area contributed by atoms with Crippen molar-refractivity contribution in [2.45, 2.75) is 19.4 Å². The van der Waals surface area contributed by atoms with Gasteiger partial charge in [-0.1, -0.05) is 18.2 Å². The molecule has 2 aromatic heterocycles. The predicted molar refractivity (Wildman–Crippen MR) is 84.3 cm³/mol. The van der Waals surface area contributed by atoms with E-state index in [1.54, 1.807) is 12.1 Å². The zero-order valence-corrected chi connectivity index (χ0v) is 13.1. The average molecular weight is 331 g/mol. The van der Waals surface area contributed by atoms with Gasteiger partial charge in [-0.25, -0.2) is 4.39 Å². The van der Waals surface area contributed by atoms with Gasteiger partial charge in [-0.2, -0.15) is 0 Å². The fraction of sp³-hybridized carbons (Fsp3) is 0.188. The molecule has 0 spiro atoms. The highest BCUT2D eigenvalue weighted by atomic mass is 32.1.